The summed E-state index contributed by atoms with van der Waals surface area (Å²) in [6.07, 6.45) is 1.87. The molecule has 0 aliphatic heterocycles. The summed E-state index contributed by atoms with van der Waals surface area (Å²) in [4.78, 5) is 22.6. The van der Waals surface area contributed by atoms with Crippen LogP contribution in [-0.2, 0) is 14.3 Å². The average Bonchev–Trinajstić information content (AvgIpc) is 2.15. The van der Waals surface area contributed by atoms with Gasteiger partial charge >= 0.3 is 5.97 Å². The quantitative estimate of drug-likeness (QED) is 0.233. The molecule has 3 nitrogen and oxygen atoms in total. The van der Waals surface area contributed by atoms with E-state index < -0.39 is 5.97 Å². The van der Waals surface area contributed by atoms with E-state index in [0.29, 0.717) is 16.5 Å². The van der Waals surface area contributed by atoms with Crippen molar-refractivity contribution in [3.63, 3.8) is 0 Å². The van der Waals surface area contributed by atoms with E-state index in [1.807, 2.05) is 0 Å². The van der Waals surface area contributed by atoms with Crippen molar-refractivity contribution in [2.45, 2.75) is 33.6 Å². The minimum absolute atomic E-state index is 0.0744. The van der Waals surface area contributed by atoms with Gasteiger partial charge in [-0.25, -0.2) is 0 Å². The van der Waals surface area contributed by atoms with Crippen LogP contribution in [0.25, 0.3) is 0 Å². The van der Waals surface area contributed by atoms with Crippen molar-refractivity contribution in [2.75, 3.05) is 11.6 Å². The van der Waals surface area contributed by atoms with Crippen LogP contribution in [0.2, 0.25) is 0 Å². The molecule has 16 heavy (non-hydrogen) atoms. The Morgan fingerprint density at radius 2 is 1.81 bits per heavy atom. The van der Waals surface area contributed by atoms with Gasteiger partial charge in [-0.1, -0.05) is 0 Å². The van der Waals surface area contributed by atoms with E-state index in [4.69, 9.17) is 16.3 Å². The Kier molecular flexibility index (Phi) is 8.39. The van der Waals surface area contributed by atoms with Crippen molar-refractivity contribution in [1.29, 1.82) is 0 Å². The van der Waals surface area contributed by atoms with E-state index in [9.17, 15) is 9.59 Å². The molecule has 0 aromatic carbocycles. The smallest absolute Gasteiger partial charge is 0.307 e. The van der Waals surface area contributed by atoms with E-state index in [-0.39, 0.29) is 5.78 Å². The molecule has 0 atom stereocenters. The van der Waals surface area contributed by atoms with Gasteiger partial charge in [0.25, 0.3) is 0 Å². The highest BCUT2D eigenvalue weighted by atomic mass is 35.5. The Labute approximate surface area is 106 Å². The van der Waals surface area contributed by atoms with Crippen LogP contribution in [-0.4, -0.2) is 23.4 Å². The fraction of sp³-hybridized carbons (Fsp3) is 0.636. The van der Waals surface area contributed by atoms with Crippen LogP contribution in [0.15, 0.2) is 10.7 Å². The lowest BCUT2D eigenvalue weighted by molar-refractivity contribution is -0.136. The van der Waals surface area contributed by atoms with Gasteiger partial charge in [-0.05, 0) is 32.4 Å². The van der Waals surface area contributed by atoms with E-state index in [2.05, 4.69) is 0 Å². The number of Topliss-reactive ketones (excluding diaryl/α,β-unsaturated/α-hetero) is 1. The third-order valence-corrected chi connectivity index (χ3v) is 3.33. The number of halogens is 1. The maximum absolute atomic E-state index is 11.3. The monoisotopic (exact) mass is 264 g/mol. The van der Waals surface area contributed by atoms with E-state index in [0.717, 1.165) is 18.6 Å². The molecule has 0 amide bonds. The van der Waals surface area contributed by atoms with Crippen LogP contribution in [0.3, 0.4) is 0 Å². The second kappa shape index (κ2) is 8.65. The number of carbonyl (C=O) groups is 2. The molecule has 0 aromatic heterocycles. The molecule has 5 heteroatoms. The standard InChI is InChI=1S/C11H17ClO3S/c1-8(13)11(9(2)15-10(3)14)16-7-5-4-6-12/h4-7H2,1-3H3/b11-9+. The van der Waals surface area contributed by atoms with Crippen molar-refractivity contribution in [3.05, 3.63) is 10.7 Å². The SMILES string of the molecule is CC(=O)O/C(C)=C(/SCCCCCl)C(C)=O. The van der Waals surface area contributed by atoms with Crippen molar-refractivity contribution in [3.8, 4) is 0 Å². The summed E-state index contributed by atoms with van der Waals surface area (Å²) in [5.74, 6) is 1.34. The first kappa shape index (κ1) is 15.5. The zero-order chi connectivity index (χ0) is 12.6. The summed E-state index contributed by atoms with van der Waals surface area (Å²) >= 11 is 6.97. The Hall–Kier alpha value is -0.480. The van der Waals surface area contributed by atoms with Gasteiger partial charge in [0.1, 0.15) is 5.76 Å². The molecule has 0 saturated carbocycles. The fourth-order valence-electron chi connectivity index (χ4n) is 1.08. The Bertz CT molecular complexity index is 287. The lowest BCUT2D eigenvalue weighted by Crippen LogP contribution is -2.04. The van der Waals surface area contributed by atoms with Crippen LogP contribution in [0.5, 0.6) is 0 Å². The summed E-state index contributed by atoms with van der Waals surface area (Å²) in [6, 6.07) is 0. The van der Waals surface area contributed by atoms with Gasteiger partial charge in [-0.3, -0.25) is 9.59 Å². The minimum atomic E-state index is -0.405. The molecule has 0 aromatic rings. The molecule has 0 heterocycles. The number of hydrogen-bond donors (Lipinski definition) is 0. The molecule has 0 fully saturated rings. The first-order valence-corrected chi connectivity index (χ1v) is 6.60. The third-order valence-electron chi connectivity index (χ3n) is 1.71. The molecule has 0 N–H and O–H groups in total. The van der Waals surface area contributed by atoms with Crippen LogP contribution < -0.4 is 0 Å². The lowest BCUT2D eigenvalue weighted by atomic mass is 10.3. The molecular formula is C11H17ClO3S. The number of thioether (sulfide) groups is 1. The number of allylic oxidation sites excluding steroid dienone is 2. The minimum Gasteiger partial charge on any atom is -0.430 e. The predicted molar refractivity (Wildman–Crippen MR) is 67.6 cm³/mol. The van der Waals surface area contributed by atoms with Gasteiger partial charge in [0.2, 0.25) is 0 Å². The van der Waals surface area contributed by atoms with Crippen LogP contribution in [0.4, 0.5) is 0 Å². The highest BCUT2D eigenvalue weighted by Gasteiger charge is 2.11. The van der Waals surface area contributed by atoms with Gasteiger partial charge in [0, 0.05) is 12.8 Å². The number of ketones is 1. The highest BCUT2D eigenvalue weighted by Crippen LogP contribution is 2.23. The molecule has 92 valence electrons. The van der Waals surface area contributed by atoms with E-state index >= 15 is 0 Å². The number of ether oxygens (including phenoxy) is 1. The molecular weight excluding hydrogens is 248 g/mol. The van der Waals surface area contributed by atoms with Gasteiger partial charge in [0.05, 0.1) is 4.91 Å². The average molecular weight is 265 g/mol. The van der Waals surface area contributed by atoms with Crippen LogP contribution in [0.1, 0.15) is 33.6 Å². The molecule has 0 spiro atoms. The van der Waals surface area contributed by atoms with E-state index in [1.54, 1.807) is 6.92 Å². The molecule has 0 rings (SSSR count). The normalized spacial score (nSPS) is 12.0. The van der Waals surface area contributed by atoms with Crippen LogP contribution in [0, 0.1) is 0 Å². The summed E-state index contributed by atoms with van der Waals surface area (Å²) in [7, 11) is 0. The van der Waals surface area contributed by atoms with Gasteiger partial charge in [0.15, 0.2) is 5.78 Å². The maximum Gasteiger partial charge on any atom is 0.307 e. The van der Waals surface area contributed by atoms with Crippen molar-refractivity contribution in [2.24, 2.45) is 0 Å². The molecule has 0 aliphatic rings. The third kappa shape index (κ3) is 6.90. The lowest BCUT2D eigenvalue weighted by Gasteiger charge is -2.08. The summed E-state index contributed by atoms with van der Waals surface area (Å²) in [5.41, 5.74) is 0. The van der Waals surface area contributed by atoms with Gasteiger partial charge < -0.3 is 4.74 Å². The number of esters is 1. The number of rotatable bonds is 7. The number of alkyl halides is 1. The maximum atomic E-state index is 11.3. The highest BCUT2D eigenvalue weighted by molar-refractivity contribution is 8.04. The molecule has 0 unspecified atom stereocenters. The summed E-state index contributed by atoms with van der Waals surface area (Å²) in [5, 5.41) is 0. The molecule has 0 saturated heterocycles. The van der Waals surface area contributed by atoms with Crippen molar-refractivity contribution < 1.29 is 14.3 Å². The van der Waals surface area contributed by atoms with Crippen LogP contribution >= 0.6 is 23.4 Å². The topological polar surface area (TPSA) is 43.4 Å². The Morgan fingerprint density at radius 3 is 2.25 bits per heavy atom. The summed E-state index contributed by atoms with van der Waals surface area (Å²) < 4.78 is 4.90. The number of carbonyl (C=O) groups excluding carboxylic acids is 2. The van der Waals surface area contributed by atoms with Gasteiger partial charge in [-0.15, -0.1) is 23.4 Å². The fourth-order valence-corrected chi connectivity index (χ4v) is 2.27. The first-order chi connectivity index (χ1) is 7.49. The summed E-state index contributed by atoms with van der Waals surface area (Å²) in [6.45, 7) is 4.42. The Balaban J connectivity index is 4.36. The largest absolute Gasteiger partial charge is 0.430 e. The molecule has 0 bridgehead atoms. The molecule has 0 aliphatic carbocycles. The zero-order valence-electron chi connectivity index (χ0n) is 9.84. The van der Waals surface area contributed by atoms with Gasteiger partial charge in [-0.2, -0.15) is 0 Å². The number of unbranched alkanes of at least 4 members (excludes halogenated alkanes) is 1. The predicted octanol–water partition coefficient (Wildman–Crippen LogP) is 3.12. The first-order valence-electron chi connectivity index (χ1n) is 5.08. The molecule has 0 radical (unpaired) electrons. The second-order valence-corrected chi connectivity index (χ2v) is 4.76. The number of hydrogen-bond acceptors (Lipinski definition) is 4. The van der Waals surface area contributed by atoms with Crippen molar-refractivity contribution in [1.82, 2.24) is 0 Å². The zero-order valence-corrected chi connectivity index (χ0v) is 11.4. The van der Waals surface area contributed by atoms with E-state index in [1.165, 1.54) is 25.6 Å². The second-order valence-electron chi connectivity index (χ2n) is 3.28. The van der Waals surface area contributed by atoms with Crippen molar-refractivity contribution >= 4 is 35.1 Å². The Morgan fingerprint density at radius 1 is 1.19 bits per heavy atom.